The summed E-state index contributed by atoms with van der Waals surface area (Å²) in [5.41, 5.74) is 2.18. The predicted octanol–water partition coefficient (Wildman–Crippen LogP) is 3.43. The van der Waals surface area contributed by atoms with Crippen molar-refractivity contribution in [1.82, 2.24) is 19.3 Å². The Morgan fingerprint density at radius 3 is 2.79 bits per heavy atom. The van der Waals surface area contributed by atoms with Crippen LogP contribution in [0.4, 0.5) is 0 Å². The number of rotatable bonds is 4. The second kappa shape index (κ2) is 7.58. The first kappa shape index (κ1) is 17.7. The molecule has 1 unspecified atom stereocenters. The molecule has 1 aliphatic rings. The van der Waals surface area contributed by atoms with Gasteiger partial charge in [0.15, 0.2) is 6.67 Å². The molecule has 142 valence electrons. The summed E-state index contributed by atoms with van der Waals surface area (Å²) in [5.74, 6) is 0.520. The first-order chi connectivity index (χ1) is 13.8. The molecule has 28 heavy (non-hydrogen) atoms. The van der Waals surface area contributed by atoms with Gasteiger partial charge in [-0.15, -0.1) is 11.3 Å². The van der Waals surface area contributed by atoms with Gasteiger partial charge in [-0.2, -0.15) is 9.78 Å². The van der Waals surface area contributed by atoms with E-state index in [2.05, 4.69) is 41.5 Å². The number of fused-ring (bicyclic) bond motifs is 1. The normalized spacial score (nSPS) is 19.9. The van der Waals surface area contributed by atoms with Crippen molar-refractivity contribution in [3.8, 4) is 5.69 Å². The van der Waals surface area contributed by atoms with Crippen molar-refractivity contribution in [2.45, 2.75) is 25.4 Å². The van der Waals surface area contributed by atoms with Crippen LogP contribution in [-0.4, -0.2) is 32.4 Å². The molecule has 1 saturated heterocycles. The average molecular weight is 409 g/mol. The Morgan fingerprint density at radius 1 is 1.11 bits per heavy atom. The lowest BCUT2D eigenvalue weighted by Gasteiger charge is -2.28. The molecule has 5 nitrogen and oxygen atoms in total. The minimum absolute atomic E-state index is 0.520. The molecule has 0 bridgehead atoms. The zero-order valence-corrected chi connectivity index (χ0v) is 17.1. The molecule has 2 atom stereocenters. The van der Waals surface area contributed by atoms with Gasteiger partial charge in [-0.05, 0) is 49.3 Å². The highest BCUT2D eigenvalue weighted by molar-refractivity contribution is 7.71. The maximum atomic E-state index is 5.68. The number of likely N-dealkylation sites (tertiary alicyclic amines) is 1. The van der Waals surface area contributed by atoms with Crippen LogP contribution in [0.3, 0.4) is 0 Å². The zero-order chi connectivity index (χ0) is 18.9. The van der Waals surface area contributed by atoms with Gasteiger partial charge in [0.25, 0.3) is 0 Å². The molecular formula is C21H22N5S2+. The van der Waals surface area contributed by atoms with E-state index in [4.69, 9.17) is 17.2 Å². The van der Waals surface area contributed by atoms with Crippen molar-refractivity contribution < 1.29 is 4.90 Å². The molecule has 5 rings (SSSR count). The van der Waals surface area contributed by atoms with E-state index in [1.54, 1.807) is 0 Å². The van der Waals surface area contributed by atoms with Crippen LogP contribution in [0.25, 0.3) is 15.9 Å². The van der Waals surface area contributed by atoms with Gasteiger partial charge < -0.3 is 4.90 Å². The third-order valence-electron chi connectivity index (χ3n) is 5.42. The summed E-state index contributed by atoms with van der Waals surface area (Å²) in [4.78, 5) is 6.42. The Labute approximate surface area is 172 Å². The van der Waals surface area contributed by atoms with Crippen LogP contribution in [0.2, 0.25) is 0 Å². The molecule has 2 aromatic heterocycles. The molecule has 4 aromatic rings. The van der Waals surface area contributed by atoms with Crippen LogP contribution in [0.1, 0.15) is 23.8 Å². The lowest BCUT2D eigenvalue weighted by molar-refractivity contribution is -0.929. The Morgan fingerprint density at radius 2 is 1.93 bits per heavy atom. The van der Waals surface area contributed by atoms with E-state index in [1.807, 2.05) is 45.1 Å². The maximum Gasteiger partial charge on any atom is 0.207 e. The first-order valence-electron chi connectivity index (χ1n) is 9.67. The number of hydrogen-bond acceptors (Lipinski definition) is 4. The third-order valence-corrected chi connectivity index (χ3v) is 7.03. The molecule has 0 saturated carbocycles. The van der Waals surface area contributed by atoms with Crippen LogP contribution in [0.5, 0.6) is 0 Å². The number of para-hydroxylation sites is 2. The number of piperidine rings is 1. The Balaban J connectivity index is 1.33. The summed E-state index contributed by atoms with van der Waals surface area (Å²) >= 11 is 7.53. The summed E-state index contributed by atoms with van der Waals surface area (Å²) in [6.07, 6.45) is 4.25. The Hall–Kier alpha value is -2.35. The highest BCUT2D eigenvalue weighted by atomic mass is 32.1. The van der Waals surface area contributed by atoms with Crippen LogP contribution in [0, 0.1) is 4.77 Å². The summed E-state index contributed by atoms with van der Waals surface area (Å²) in [6, 6.07) is 18.6. The molecule has 1 fully saturated rings. The topological polar surface area (TPSA) is 40.1 Å². The van der Waals surface area contributed by atoms with Gasteiger partial charge in [-0.3, -0.25) is 4.57 Å². The van der Waals surface area contributed by atoms with Crippen molar-refractivity contribution in [3.05, 3.63) is 70.7 Å². The number of nitrogens with one attached hydrogen (secondary N) is 1. The van der Waals surface area contributed by atoms with Gasteiger partial charge in [0.2, 0.25) is 4.77 Å². The number of thiazole rings is 1. The minimum Gasteiger partial charge on any atom is -0.316 e. The summed E-state index contributed by atoms with van der Waals surface area (Å²) in [5, 5.41) is 5.84. The van der Waals surface area contributed by atoms with Crippen molar-refractivity contribution in [1.29, 1.82) is 0 Å². The maximum absolute atomic E-state index is 5.68. The lowest BCUT2D eigenvalue weighted by atomic mass is 9.99. The highest BCUT2D eigenvalue weighted by Gasteiger charge is 2.27. The van der Waals surface area contributed by atoms with Gasteiger partial charge in [0.05, 0.1) is 29.2 Å². The van der Waals surface area contributed by atoms with E-state index >= 15 is 0 Å². The van der Waals surface area contributed by atoms with Crippen molar-refractivity contribution in [2.24, 2.45) is 0 Å². The number of aromatic nitrogens is 4. The monoisotopic (exact) mass is 408 g/mol. The highest BCUT2D eigenvalue weighted by Crippen LogP contribution is 2.30. The van der Waals surface area contributed by atoms with Gasteiger partial charge in [0, 0.05) is 5.69 Å². The van der Waals surface area contributed by atoms with Crippen molar-refractivity contribution in [2.75, 3.05) is 13.1 Å². The standard InChI is InChI=1S/C21H21N5S2/c27-21-25(17-8-2-1-3-9-17)14-22-26(21)15-24-12-6-7-16(13-24)20-23-18-10-4-5-11-19(18)28-20/h1-5,8-11,14,16H,6-7,12-13,15H2/p+1/t16-/m0/s1. The fraction of sp³-hybridized carbons (Fsp3) is 0.286. The van der Waals surface area contributed by atoms with Crippen LogP contribution in [0.15, 0.2) is 60.9 Å². The van der Waals surface area contributed by atoms with Crippen LogP contribution in [-0.2, 0) is 6.67 Å². The number of hydrogen-bond donors (Lipinski definition) is 1. The number of benzene rings is 2. The van der Waals surface area contributed by atoms with E-state index in [0.29, 0.717) is 5.92 Å². The van der Waals surface area contributed by atoms with E-state index in [-0.39, 0.29) is 0 Å². The molecule has 3 heterocycles. The minimum atomic E-state index is 0.520. The second-order valence-electron chi connectivity index (χ2n) is 7.34. The Bertz CT molecular complexity index is 1110. The van der Waals surface area contributed by atoms with Crippen LogP contribution >= 0.6 is 23.6 Å². The molecule has 1 N–H and O–H groups in total. The van der Waals surface area contributed by atoms with E-state index < -0.39 is 0 Å². The fourth-order valence-electron chi connectivity index (χ4n) is 3.99. The molecule has 0 amide bonds. The molecule has 7 heteroatoms. The van der Waals surface area contributed by atoms with Crippen LogP contribution < -0.4 is 4.90 Å². The average Bonchev–Trinajstić information content (AvgIpc) is 3.33. The van der Waals surface area contributed by atoms with Gasteiger partial charge in [0.1, 0.15) is 11.3 Å². The molecule has 2 aromatic carbocycles. The van der Waals surface area contributed by atoms with E-state index in [1.165, 1.54) is 27.4 Å². The predicted molar refractivity (Wildman–Crippen MR) is 115 cm³/mol. The molecule has 0 spiro atoms. The van der Waals surface area contributed by atoms with E-state index in [9.17, 15) is 0 Å². The second-order valence-corrected chi connectivity index (χ2v) is 8.77. The third kappa shape index (κ3) is 3.41. The molecule has 1 aliphatic heterocycles. The van der Waals surface area contributed by atoms with Gasteiger partial charge >= 0.3 is 0 Å². The number of quaternary nitrogens is 1. The number of nitrogens with zero attached hydrogens (tertiary/aromatic N) is 4. The first-order valence-corrected chi connectivity index (χ1v) is 10.9. The van der Waals surface area contributed by atoms with Gasteiger partial charge in [-0.25, -0.2) is 4.98 Å². The lowest BCUT2D eigenvalue weighted by Crippen LogP contribution is -3.12. The Kier molecular flexibility index (Phi) is 4.80. The quantitative estimate of drug-likeness (QED) is 0.526. The summed E-state index contributed by atoms with van der Waals surface area (Å²) in [6.45, 7) is 3.04. The van der Waals surface area contributed by atoms with E-state index in [0.717, 1.165) is 35.7 Å². The van der Waals surface area contributed by atoms with Gasteiger partial charge in [-0.1, -0.05) is 30.3 Å². The molecule has 0 aliphatic carbocycles. The van der Waals surface area contributed by atoms with Crippen molar-refractivity contribution in [3.63, 3.8) is 0 Å². The summed E-state index contributed by atoms with van der Waals surface area (Å²) < 4.78 is 5.97. The fourth-order valence-corrected chi connectivity index (χ4v) is 5.36. The smallest absolute Gasteiger partial charge is 0.207 e. The van der Waals surface area contributed by atoms with Crippen molar-refractivity contribution >= 4 is 33.8 Å². The molecule has 0 radical (unpaired) electrons. The molecular weight excluding hydrogens is 386 g/mol. The largest absolute Gasteiger partial charge is 0.316 e. The zero-order valence-electron chi connectivity index (χ0n) is 15.5. The summed E-state index contributed by atoms with van der Waals surface area (Å²) in [7, 11) is 0. The SMILES string of the molecule is S=c1n(-c2ccccc2)cnn1C[NH+]1CCC[C@H](c2nc3ccccc3s2)C1.